The lowest BCUT2D eigenvalue weighted by molar-refractivity contribution is 0.0667. The van der Waals surface area contributed by atoms with Crippen molar-refractivity contribution in [2.24, 2.45) is 0 Å². The molecule has 1 N–H and O–H groups in total. The molecule has 0 aliphatic carbocycles. The normalized spacial score (nSPS) is 25.8. The maximum absolute atomic E-state index is 13.3. The van der Waals surface area contributed by atoms with Crippen LogP contribution in [0.2, 0.25) is 0 Å². The average molecular weight is 230 g/mol. The van der Waals surface area contributed by atoms with Gasteiger partial charge in [-0.3, -0.25) is 0 Å². The summed E-state index contributed by atoms with van der Waals surface area (Å²) in [6, 6.07) is 3.79. The van der Waals surface area contributed by atoms with Crippen molar-refractivity contribution < 1.29 is 13.9 Å². The van der Waals surface area contributed by atoms with Crippen LogP contribution in [-0.2, 0) is 6.42 Å². The van der Waals surface area contributed by atoms with Crippen LogP contribution in [0.25, 0.3) is 0 Å². The lowest BCUT2D eigenvalue weighted by Crippen LogP contribution is -2.31. The highest BCUT2D eigenvalue weighted by atomic mass is 32.2. The van der Waals surface area contributed by atoms with E-state index in [1.54, 1.807) is 11.8 Å². The predicted octanol–water partition coefficient (Wildman–Crippen LogP) is 2.38. The quantitative estimate of drug-likeness (QED) is 0.841. The lowest BCUT2D eigenvalue weighted by atomic mass is 9.93. The second kappa shape index (κ2) is 4.10. The summed E-state index contributed by atoms with van der Waals surface area (Å²) >= 11 is 1.62. The van der Waals surface area contributed by atoms with Crippen molar-refractivity contribution in [3.8, 4) is 0 Å². The number of aliphatic hydroxyl groups is 1. The van der Waals surface area contributed by atoms with Gasteiger partial charge in [0.15, 0.2) is 0 Å². The summed E-state index contributed by atoms with van der Waals surface area (Å²) in [5.41, 5.74) is -0.934. The summed E-state index contributed by atoms with van der Waals surface area (Å²) in [6.45, 7) is 0. The first-order valence-corrected chi connectivity index (χ1v) is 5.99. The second-order valence-electron chi connectivity index (χ2n) is 3.90. The summed E-state index contributed by atoms with van der Waals surface area (Å²) < 4.78 is 26.6. The van der Waals surface area contributed by atoms with Crippen LogP contribution in [0.4, 0.5) is 8.78 Å². The van der Waals surface area contributed by atoms with Crippen LogP contribution in [0, 0.1) is 11.6 Å². The van der Waals surface area contributed by atoms with Gasteiger partial charge in [0.1, 0.15) is 11.6 Å². The van der Waals surface area contributed by atoms with E-state index in [9.17, 15) is 13.9 Å². The Morgan fingerprint density at radius 1 is 1.33 bits per heavy atom. The zero-order chi connectivity index (χ0) is 10.9. The van der Waals surface area contributed by atoms with Crippen molar-refractivity contribution in [2.75, 3.05) is 11.5 Å². The largest absolute Gasteiger partial charge is 0.389 e. The minimum Gasteiger partial charge on any atom is -0.389 e. The van der Waals surface area contributed by atoms with Gasteiger partial charge < -0.3 is 5.11 Å². The Balaban J connectivity index is 2.23. The third kappa shape index (κ3) is 2.32. The van der Waals surface area contributed by atoms with Gasteiger partial charge in [0, 0.05) is 17.7 Å². The molecule has 1 aromatic carbocycles. The summed E-state index contributed by atoms with van der Waals surface area (Å²) in [5, 5.41) is 10.0. The molecule has 1 saturated heterocycles. The highest BCUT2D eigenvalue weighted by Crippen LogP contribution is 2.32. The van der Waals surface area contributed by atoms with Gasteiger partial charge in [-0.05, 0) is 24.3 Å². The summed E-state index contributed by atoms with van der Waals surface area (Å²) in [4.78, 5) is 0. The molecule has 82 valence electrons. The maximum Gasteiger partial charge on any atom is 0.129 e. The van der Waals surface area contributed by atoms with Crippen molar-refractivity contribution >= 4 is 11.8 Å². The molecule has 0 saturated carbocycles. The van der Waals surface area contributed by atoms with Crippen LogP contribution < -0.4 is 0 Å². The zero-order valence-electron chi connectivity index (χ0n) is 8.17. The van der Waals surface area contributed by atoms with Crippen LogP contribution in [0.5, 0.6) is 0 Å². The molecule has 0 spiro atoms. The van der Waals surface area contributed by atoms with Gasteiger partial charge in [-0.15, -0.1) is 0 Å². The topological polar surface area (TPSA) is 20.2 Å². The number of hydrogen-bond donors (Lipinski definition) is 1. The second-order valence-corrected chi connectivity index (χ2v) is 5.01. The number of thioether (sulfide) groups is 1. The fraction of sp³-hybridized carbons (Fsp3) is 0.455. The standard InChI is InChI=1S/C11H12F2OS/c12-9-2-1-3-10(13)8(9)6-11(14)4-5-15-7-11/h1-3,14H,4-7H2. The molecule has 0 radical (unpaired) electrons. The molecule has 1 fully saturated rings. The molecular weight excluding hydrogens is 218 g/mol. The predicted molar refractivity (Wildman–Crippen MR) is 57.0 cm³/mol. The fourth-order valence-electron chi connectivity index (χ4n) is 1.77. The van der Waals surface area contributed by atoms with Crippen molar-refractivity contribution in [1.29, 1.82) is 0 Å². The zero-order valence-corrected chi connectivity index (χ0v) is 8.99. The molecule has 2 rings (SSSR count). The van der Waals surface area contributed by atoms with Crippen LogP contribution in [0.3, 0.4) is 0 Å². The van der Waals surface area contributed by atoms with E-state index >= 15 is 0 Å². The minimum atomic E-state index is -0.937. The molecule has 1 heterocycles. The smallest absolute Gasteiger partial charge is 0.129 e. The minimum absolute atomic E-state index is 0.00231. The lowest BCUT2D eigenvalue weighted by Gasteiger charge is -2.21. The molecule has 15 heavy (non-hydrogen) atoms. The van der Waals surface area contributed by atoms with E-state index in [2.05, 4.69) is 0 Å². The fourth-order valence-corrected chi connectivity index (χ4v) is 3.06. The molecule has 1 unspecified atom stereocenters. The third-order valence-electron chi connectivity index (χ3n) is 2.65. The van der Waals surface area contributed by atoms with Crippen LogP contribution in [-0.4, -0.2) is 22.2 Å². The highest BCUT2D eigenvalue weighted by molar-refractivity contribution is 7.99. The van der Waals surface area contributed by atoms with Gasteiger partial charge in [0.2, 0.25) is 0 Å². The average Bonchev–Trinajstić information content (AvgIpc) is 2.60. The summed E-state index contributed by atoms with van der Waals surface area (Å²) in [6.07, 6.45) is 0.671. The molecule has 1 nitrogen and oxygen atoms in total. The van der Waals surface area contributed by atoms with Crippen molar-refractivity contribution in [1.82, 2.24) is 0 Å². The maximum atomic E-state index is 13.3. The molecular formula is C11H12F2OS. The van der Waals surface area contributed by atoms with Crippen molar-refractivity contribution in [3.05, 3.63) is 35.4 Å². The Hall–Kier alpha value is -0.610. The van der Waals surface area contributed by atoms with E-state index in [-0.39, 0.29) is 12.0 Å². The SMILES string of the molecule is OC1(Cc2c(F)cccc2F)CCSC1. The highest BCUT2D eigenvalue weighted by Gasteiger charge is 2.33. The Kier molecular flexibility index (Phi) is 2.98. The molecule has 0 bridgehead atoms. The van der Waals surface area contributed by atoms with E-state index in [0.29, 0.717) is 12.2 Å². The van der Waals surface area contributed by atoms with Crippen molar-refractivity contribution in [2.45, 2.75) is 18.4 Å². The Bertz CT molecular complexity index is 341. The third-order valence-corrected chi connectivity index (χ3v) is 3.88. The Morgan fingerprint density at radius 2 is 2.00 bits per heavy atom. The van der Waals surface area contributed by atoms with Crippen LogP contribution in [0.1, 0.15) is 12.0 Å². The van der Waals surface area contributed by atoms with E-state index in [0.717, 1.165) is 5.75 Å². The molecule has 4 heteroatoms. The van der Waals surface area contributed by atoms with Gasteiger partial charge >= 0.3 is 0 Å². The molecule has 1 aliphatic rings. The first-order valence-electron chi connectivity index (χ1n) is 4.84. The number of hydrogen-bond acceptors (Lipinski definition) is 2. The van der Waals surface area contributed by atoms with E-state index in [1.165, 1.54) is 18.2 Å². The Morgan fingerprint density at radius 3 is 2.53 bits per heavy atom. The Labute approximate surface area is 91.5 Å². The van der Waals surface area contributed by atoms with Gasteiger partial charge in [0.25, 0.3) is 0 Å². The van der Waals surface area contributed by atoms with E-state index < -0.39 is 17.2 Å². The monoisotopic (exact) mass is 230 g/mol. The van der Waals surface area contributed by atoms with Gasteiger partial charge in [0.05, 0.1) is 5.60 Å². The van der Waals surface area contributed by atoms with Crippen LogP contribution >= 0.6 is 11.8 Å². The number of rotatable bonds is 2. The van der Waals surface area contributed by atoms with Crippen molar-refractivity contribution in [3.63, 3.8) is 0 Å². The molecule has 1 atom stereocenters. The molecule has 1 aliphatic heterocycles. The summed E-state index contributed by atoms with van der Waals surface area (Å²) in [7, 11) is 0. The van der Waals surface area contributed by atoms with E-state index in [4.69, 9.17) is 0 Å². The van der Waals surface area contributed by atoms with Crippen LogP contribution in [0.15, 0.2) is 18.2 Å². The van der Waals surface area contributed by atoms with Gasteiger partial charge in [-0.25, -0.2) is 8.78 Å². The number of halogens is 2. The van der Waals surface area contributed by atoms with Gasteiger partial charge in [-0.1, -0.05) is 6.07 Å². The van der Waals surface area contributed by atoms with Gasteiger partial charge in [-0.2, -0.15) is 11.8 Å². The molecule has 0 amide bonds. The first-order chi connectivity index (χ1) is 7.11. The molecule has 0 aromatic heterocycles. The summed E-state index contributed by atoms with van der Waals surface area (Å²) in [5.74, 6) is 0.272. The first kappa shape index (κ1) is 10.9. The molecule has 1 aromatic rings. The number of benzene rings is 1. The van der Waals surface area contributed by atoms with E-state index in [1.807, 2.05) is 0 Å².